The molecule has 0 saturated carbocycles. The van der Waals surface area contributed by atoms with Crippen molar-refractivity contribution in [2.75, 3.05) is 31.7 Å². The highest BCUT2D eigenvalue weighted by molar-refractivity contribution is 5.97. The summed E-state index contributed by atoms with van der Waals surface area (Å²) in [5.74, 6) is 0.457. The maximum Gasteiger partial charge on any atom is 0.407 e. The van der Waals surface area contributed by atoms with Gasteiger partial charge in [-0.3, -0.25) is 4.79 Å². The van der Waals surface area contributed by atoms with Crippen LogP contribution in [-0.4, -0.2) is 48.8 Å². The van der Waals surface area contributed by atoms with Gasteiger partial charge in [0.25, 0.3) is 0 Å². The van der Waals surface area contributed by atoms with Crippen LogP contribution in [0.2, 0.25) is 0 Å². The summed E-state index contributed by atoms with van der Waals surface area (Å²) in [6.45, 7) is 0.806. The molecule has 9 heteroatoms. The Morgan fingerprint density at radius 2 is 1.88 bits per heavy atom. The molecule has 1 N–H and O–H groups in total. The molecule has 0 spiro atoms. The van der Waals surface area contributed by atoms with Gasteiger partial charge in [-0.25, -0.2) is 9.18 Å². The summed E-state index contributed by atoms with van der Waals surface area (Å²) in [6.07, 6.45) is 0.288. The zero-order chi connectivity index (χ0) is 24.3. The van der Waals surface area contributed by atoms with Crippen LogP contribution < -0.4 is 14.4 Å². The van der Waals surface area contributed by atoms with Gasteiger partial charge in [0.15, 0.2) is 0 Å². The van der Waals surface area contributed by atoms with Crippen molar-refractivity contribution in [3.63, 3.8) is 0 Å². The minimum absolute atomic E-state index is 0.0709. The van der Waals surface area contributed by atoms with Gasteiger partial charge < -0.3 is 24.4 Å². The lowest BCUT2D eigenvalue weighted by atomic mass is 9.80. The number of benzene rings is 2. The number of hydrogen-bond donors (Lipinski definition) is 1. The Hall–Kier alpha value is -3.80. The maximum absolute atomic E-state index is 15.0. The fourth-order valence-corrected chi connectivity index (χ4v) is 4.46. The normalized spacial score (nSPS) is 17.0. The molecule has 34 heavy (non-hydrogen) atoms. The zero-order valence-electron chi connectivity index (χ0n) is 18.9. The minimum atomic E-state index is -0.998. The van der Waals surface area contributed by atoms with E-state index in [4.69, 9.17) is 14.6 Å². The van der Waals surface area contributed by atoms with E-state index in [1.54, 1.807) is 19.2 Å². The molecule has 0 radical (unpaired) electrons. The summed E-state index contributed by atoms with van der Waals surface area (Å²) in [6, 6.07) is 12.4. The Labute approximate surface area is 197 Å². The molecule has 0 aliphatic carbocycles. The molecular weight excluding hydrogens is 441 g/mol. The summed E-state index contributed by atoms with van der Waals surface area (Å²) >= 11 is 0. The van der Waals surface area contributed by atoms with Gasteiger partial charge >= 0.3 is 6.09 Å². The number of rotatable bonds is 6. The molecular formula is C25H26FN3O5. The van der Waals surface area contributed by atoms with Crippen molar-refractivity contribution in [2.24, 2.45) is 5.41 Å². The minimum Gasteiger partial charge on any atom is -0.497 e. The number of nitrogens with zero attached hydrogens (tertiary/aromatic N) is 3. The first kappa shape index (κ1) is 23.4. The second-order valence-corrected chi connectivity index (χ2v) is 8.65. The third kappa shape index (κ3) is 4.62. The number of halogens is 1. The lowest BCUT2D eigenvalue weighted by Crippen LogP contribution is -2.44. The second-order valence-electron chi connectivity index (χ2n) is 8.65. The third-order valence-corrected chi connectivity index (χ3v) is 6.58. The SMILES string of the molecule is COc1ccc(CN2C(=O)CCc3c(OCC4(C#N)CCN(C(=O)O)CC4)ccc(F)c32)cc1. The van der Waals surface area contributed by atoms with Crippen molar-refractivity contribution in [2.45, 2.75) is 32.2 Å². The van der Waals surface area contributed by atoms with Crippen molar-refractivity contribution < 1.29 is 28.6 Å². The summed E-state index contributed by atoms with van der Waals surface area (Å²) in [4.78, 5) is 26.6. The predicted molar refractivity (Wildman–Crippen MR) is 121 cm³/mol. The van der Waals surface area contributed by atoms with Gasteiger partial charge in [0.1, 0.15) is 23.9 Å². The quantitative estimate of drug-likeness (QED) is 0.690. The lowest BCUT2D eigenvalue weighted by Gasteiger charge is -2.36. The molecule has 4 rings (SSSR count). The number of anilines is 1. The van der Waals surface area contributed by atoms with Crippen LogP contribution in [0.4, 0.5) is 14.9 Å². The first-order chi connectivity index (χ1) is 16.4. The molecule has 2 heterocycles. The number of carbonyl (C=O) groups excluding carboxylic acids is 1. The molecule has 178 valence electrons. The van der Waals surface area contributed by atoms with Crippen molar-refractivity contribution in [3.05, 3.63) is 53.3 Å². The molecule has 0 aromatic heterocycles. The van der Waals surface area contributed by atoms with E-state index in [2.05, 4.69) is 6.07 Å². The van der Waals surface area contributed by atoms with E-state index >= 15 is 0 Å². The molecule has 2 aliphatic heterocycles. The molecule has 2 aromatic rings. The molecule has 2 aromatic carbocycles. The van der Waals surface area contributed by atoms with Gasteiger partial charge in [-0.1, -0.05) is 12.1 Å². The Morgan fingerprint density at radius 1 is 1.18 bits per heavy atom. The number of carboxylic acid groups (broad SMARTS) is 1. The van der Waals surface area contributed by atoms with Crippen LogP contribution in [0.25, 0.3) is 0 Å². The van der Waals surface area contributed by atoms with E-state index < -0.39 is 17.3 Å². The van der Waals surface area contributed by atoms with Crippen LogP contribution >= 0.6 is 0 Å². The van der Waals surface area contributed by atoms with Crippen molar-refractivity contribution >= 4 is 17.7 Å². The molecule has 0 unspecified atom stereocenters. The summed E-state index contributed by atoms with van der Waals surface area (Å²) < 4.78 is 26.2. The van der Waals surface area contributed by atoms with E-state index in [0.717, 1.165) is 5.56 Å². The molecule has 2 amide bonds. The summed E-state index contributed by atoms with van der Waals surface area (Å²) in [7, 11) is 1.57. The van der Waals surface area contributed by atoms with E-state index in [1.807, 2.05) is 12.1 Å². The smallest absolute Gasteiger partial charge is 0.407 e. The number of piperidine rings is 1. The standard InChI is InChI=1S/C25H26FN3O5/c1-33-18-4-2-17(3-5-18)14-29-22(30)9-6-19-21(8-7-20(26)23(19)29)34-16-25(15-27)10-12-28(13-11-25)24(31)32/h2-5,7-8H,6,9-14,16H2,1H3,(H,31,32). The predicted octanol–water partition coefficient (Wildman–Crippen LogP) is 3.98. The van der Waals surface area contributed by atoms with Crippen molar-refractivity contribution in [1.29, 1.82) is 5.26 Å². The number of methoxy groups -OCH3 is 1. The van der Waals surface area contributed by atoms with Crippen molar-refractivity contribution in [3.8, 4) is 17.6 Å². The van der Waals surface area contributed by atoms with Crippen LogP contribution in [-0.2, 0) is 17.8 Å². The monoisotopic (exact) mass is 467 g/mol. The number of nitriles is 1. The Kier molecular flexibility index (Phi) is 6.59. The van der Waals surface area contributed by atoms with Gasteiger partial charge in [0.2, 0.25) is 5.91 Å². The van der Waals surface area contributed by atoms with E-state index in [1.165, 1.54) is 21.9 Å². The van der Waals surface area contributed by atoms with Crippen molar-refractivity contribution in [1.82, 2.24) is 4.90 Å². The van der Waals surface area contributed by atoms with Gasteiger partial charge in [-0.05, 0) is 49.1 Å². The number of amides is 2. The average molecular weight is 467 g/mol. The number of hydrogen-bond acceptors (Lipinski definition) is 5. The Bertz CT molecular complexity index is 1120. The topological polar surface area (TPSA) is 103 Å². The number of carbonyl (C=O) groups is 2. The van der Waals surface area contributed by atoms with Gasteiger partial charge in [-0.15, -0.1) is 0 Å². The van der Waals surface area contributed by atoms with Gasteiger partial charge in [-0.2, -0.15) is 5.26 Å². The van der Waals surface area contributed by atoms with Crippen LogP contribution in [0.5, 0.6) is 11.5 Å². The second kappa shape index (κ2) is 9.59. The van der Waals surface area contributed by atoms with Crippen LogP contribution in [0.1, 0.15) is 30.4 Å². The molecule has 2 aliphatic rings. The van der Waals surface area contributed by atoms with Gasteiger partial charge in [0.05, 0.1) is 30.8 Å². The highest BCUT2D eigenvalue weighted by Crippen LogP contribution is 2.39. The Morgan fingerprint density at radius 3 is 2.50 bits per heavy atom. The molecule has 8 nitrogen and oxygen atoms in total. The number of likely N-dealkylation sites (tertiary alicyclic amines) is 1. The largest absolute Gasteiger partial charge is 0.497 e. The number of fused-ring (bicyclic) bond motifs is 1. The van der Waals surface area contributed by atoms with E-state index in [0.29, 0.717) is 36.3 Å². The van der Waals surface area contributed by atoms with E-state index in [9.17, 15) is 19.2 Å². The highest BCUT2D eigenvalue weighted by atomic mass is 19.1. The fourth-order valence-electron chi connectivity index (χ4n) is 4.46. The third-order valence-electron chi connectivity index (χ3n) is 6.58. The molecule has 0 atom stereocenters. The van der Waals surface area contributed by atoms with Gasteiger partial charge in [0, 0.05) is 25.1 Å². The number of ether oxygens (including phenoxy) is 2. The Balaban J connectivity index is 1.55. The molecule has 1 fully saturated rings. The molecule has 0 bridgehead atoms. The van der Waals surface area contributed by atoms with E-state index in [-0.39, 0.29) is 44.3 Å². The van der Waals surface area contributed by atoms with Crippen LogP contribution in [0.3, 0.4) is 0 Å². The first-order valence-electron chi connectivity index (χ1n) is 11.1. The average Bonchev–Trinajstić information content (AvgIpc) is 2.85. The summed E-state index contributed by atoms with van der Waals surface area (Å²) in [5, 5.41) is 19.0. The van der Waals surface area contributed by atoms with Crippen LogP contribution in [0.15, 0.2) is 36.4 Å². The first-order valence-corrected chi connectivity index (χ1v) is 11.1. The fraction of sp³-hybridized carbons (Fsp3) is 0.400. The summed E-state index contributed by atoms with van der Waals surface area (Å²) in [5.41, 5.74) is 0.822. The van der Waals surface area contributed by atoms with Crippen LogP contribution in [0, 0.1) is 22.6 Å². The molecule has 1 saturated heterocycles. The lowest BCUT2D eigenvalue weighted by molar-refractivity contribution is -0.119. The maximum atomic E-state index is 15.0. The zero-order valence-corrected chi connectivity index (χ0v) is 18.9. The highest BCUT2D eigenvalue weighted by Gasteiger charge is 2.38.